The van der Waals surface area contributed by atoms with Crippen LogP contribution in [0.15, 0.2) is 30.3 Å². The molecule has 0 aliphatic heterocycles. The van der Waals surface area contributed by atoms with Crippen molar-refractivity contribution in [3.05, 3.63) is 41.6 Å². The number of nitrogens with one attached hydrogen (secondary N) is 2. The van der Waals surface area contributed by atoms with Gasteiger partial charge >= 0.3 is 5.97 Å². The van der Waals surface area contributed by atoms with Gasteiger partial charge in [-0.15, -0.1) is 0 Å². The van der Waals surface area contributed by atoms with Gasteiger partial charge in [0.1, 0.15) is 5.82 Å². The first kappa shape index (κ1) is 17.7. The minimum absolute atomic E-state index is 0.323. The molecule has 1 aromatic heterocycles. The quantitative estimate of drug-likeness (QED) is 0.750. The van der Waals surface area contributed by atoms with Crippen LogP contribution in [0.1, 0.15) is 43.2 Å². The maximum Gasteiger partial charge on any atom is 0.338 e. The molecule has 0 bridgehead atoms. The highest BCUT2D eigenvalue weighted by molar-refractivity contribution is 5.89. The highest BCUT2D eigenvalue weighted by Crippen LogP contribution is 2.17. The van der Waals surface area contributed by atoms with E-state index in [0.717, 1.165) is 23.6 Å². The molecule has 0 spiro atoms. The molecule has 0 saturated heterocycles. The Morgan fingerprint density at radius 1 is 1.21 bits per heavy atom. The minimum atomic E-state index is -0.323. The van der Waals surface area contributed by atoms with Crippen molar-refractivity contribution in [3.63, 3.8) is 0 Å². The monoisotopic (exact) mass is 328 g/mol. The molecule has 1 atom stereocenters. The number of rotatable bonds is 7. The lowest BCUT2D eigenvalue weighted by Gasteiger charge is -2.14. The fraction of sp³-hybridized carbons (Fsp3) is 0.389. The van der Waals surface area contributed by atoms with Gasteiger partial charge in [-0.2, -0.15) is 4.98 Å². The predicted octanol–water partition coefficient (Wildman–Crippen LogP) is 3.92. The van der Waals surface area contributed by atoms with Crippen LogP contribution in [0.25, 0.3) is 0 Å². The van der Waals surface area contributed by atoms with Gasteiger partial charge in [0.2, 0.25) is 5.95 Å². The zero-order chi connectivity index (χ0) is 17.5. The number of nitrogens with zero attached hydrogens (tertiary/aromatic N) is 2. The van der Waals surface area contributed by atoms with Gasteiger partial charge in [-0.3, -0.25) is 0 Å². The van der Waals surface area contributed by atoms with Gasteiger partial charge in [-0.05, 0) is 51.5 Å². The predicted molar refractivity (Wildman–Crippen MR) is 95.8 cm³/mol. The molecule has 0 fully saturated rings. The molecule has 128 valence electrons. The summed E-state index contributed by atoms with van der Waals surface area (Å²) in [6.45, 7) is 8.31. The zero-order valence-corrected chi connectivity index (χ0v) is 14.6. The van der Waals surface area contributed by atoms with Crippen molar-refractivity contribution in [3.8, 4) is 0 Å². The lowest BCUT2D eigenvalue weighted by atomic mass is 10.2. The molecule has 0 amide bonds. The molecule has 0 aliphatic rings. The first-order valence-electron chi connectivity index (χ1n) is 8.18. The second-order valence-electron chi connectivity index (χ2n) is 5.59. The molecule has 1 unspecified atom stereocenters. The van der Waals surface area contributed by atoms with Crippen molar-refractivity contribution in [2.24, 2.45) is 0 Å². The molecular weight excluding hydrogens is 304 g/mol. The third-order valence-corrected chi connectivity index (χ3v) is 3.51. The molecular formula is C18H24N4O2. The first-order valence-corrected chi connectivity index (χ1v) is 8.18. The summed E-state index contributed by atoms with van der Waals surface area (Å²) in [7, 11) is 0. The van der Waals surface area contributed by atoms with E-state index in [1.165, 1.54) is 0 Å². The number of carbonyl (C=O) groups is 1. The van der Waals surface area contributed by atoms with Gasteiger partial charge in [0.05, 0.1) is 12.2 Å². The second-order valence-corrected chi connectivity index (χ2v) is 5.59. The normalized spacial score (nSPS) is 11.7. The van der Waals surface area contributed by atoms with Crippen LogP contribution in [0, 0.1) is 6.92 Å². The number of aryl methyl sites for hydroxylation is 1. The van der Waals surface area contributed by atoms with Crippen LogP contribution in [0.5, 0.6) is 0 Å². The summed E-state index contributed by atoms with van der Waals surface area (Å²) in [5, 5.41) is 6.50. The molecule has 2 aromatic rings. The standard InChI is InChI=1S/C18H24N4O2/c1-5-12(3)19-16-11-13(4)20-18(22-16)21-15-9-7-14(8-10-15)17(23)24-6-2/h7-12H,5-6H2,1-4H3,(H2,19,20,21,22). The lowest BCUT2D eigenvalue weighted by Crippen LogP contribution is -2.15. The van der Waals surface area contributed by atoms with Crippen molar-refractivity contribution >= 4 is 23.4 Å². The fourth-order valence-corrected chi connectivity index (χ4v) is 2.09. The number of hydrogen-bond donors (Lipinski definition) is 2. The summed E-state index contributed by atoms with van der Waals surface area (Å²) in [5.74, 6) is 0.989. The van der Waals surface area contributed by atoms with E-state index in [9.17, 15) is 4.79 Å². The van der Waals surface area contributed by atoms with Crippen molar-refractivity contribution in [2.45, 2.75) is 40.2 Å². The van der Waals surface area contributed by atoms with Crippen LogP contribution < -0.4 is 10.6 Å². The van der Waals surface area contributed by atoms with Crippen molar-refractivity contribution < 1.29 is 9.53 Å². The Hall–Kier alpha value is -2.63. The van der Waals surface area contributed by atoms with E-state index < -0.39 is 0 Å². The highest BCUT2D eigenvalue weighted by atomic mass is 16.5. The van der Waals surface area contributed by atoms with Gasteiger partial charge in [0.25, 0.3) is 0 Å². The summed E-state index contributed by atoms with van der Waals surface area (Å²) in [5.41, 5.74) is 2.20. The number of benzene rings is 1. The van der Waals surface area contributed by atoms with Gasteiger partial charge in [-0.1, -0.05) is 6.92 Å². The van der Waals surface area contributed by atoms with E-state index in [2.05, 4.69) is 34.4 Å². The molecule has 1 heterocycles. The maximum absolute atomic E-state index is 11.7. The summed E-state index contributed by atoms with van der Waals surface area (Å²) >= 11 is 0. The summed E-state index contributed by atoms with van der Waals surface area (Å²) in [6.07, 6.45) is 1.02. The largest absolute Gasteiger partial charge is 0.462 e. The van der Waals surface area contributed by atoms with E-state index in [1.54, 1.807) is 31.2 Å². The first-order chi connectivity index (χ1) is 11.5. The molecule has 0 radical (unpaired) electrons. The Balaban J connectivity index is 2.11. The average molecular weight is 328 g/mol. The Labute approximate surface area is 142 Å². The van der Waals surface area contributed by atoms with Crippen LogP contribution in [-0.2, 0) is 4.74 Å². The van der Waals surface area contributed by atoms with Crippen LogP contribution in [0.4, 0.5) is 17.5 Å². The Morgan fingerprint density at radius 3 is 2.54 bits per heavy atom. The van der Waals surface area contributed by atoms with E-state index in [-0.39, 0.29) is 5.97 Å². The number of aromatic nitrogens is 2. The number of hydrogen-bond acceptors (Lipinski definition) is 6. The molecule has 0 saturated carbocycles. The zero-order valence-electron chi connectivity index (χ0n) is 14.6. The number of ether oxygens (including phenoxy) is 1. The number of carbonyl (C=O) groups excluding carboxylic acids is 1. The molecule has 6 heteroatoms. The minimum Gasteiger partial charge on any atom is -0.462 e. The molecule has 2 N–H and O–H groups in total. The third-order valence-electron chi connectivity index (χ3n) is 3.51. The Bertz CT molecular complexity index is 686. The van der Waals surface area contributed by atoms with Gasteiger partial charge in [-0.25, -0.2) is 9.78 Å². The maximum atomic E-state index is 11.7. The van der Waals surface area contributed by atoms with E-state index >= 15 is 0 Å². The summed E-state index contributed by atoms with van der Waals surface area (Å²) in [4.78, 5) is 20.5. The molecule has 0 aliphatic carbocycles. The van der Waals surface area contributed by atoms with Gasteiger partial charge in [0, 0.05) is 23.5 Å². The topological polar surface area (TPSA) is 76.1 Å². The van der Waals surface area contributed by atoms with Crippen molar-refractivity contribution in [1.82, 2.24) is 9.97 Å². The van der Waals surface area contributed by atoms with Gasteiger partial charge in [0.15, 0.2) is 0 Å². The third kappa shape index (κ3) is 4.94. The van der Waals surface area contributed by atoms with Crippen molar-refractivity contribution in [1.29, 1.82) is 0 Å². The smallest absolute Gasteiger partial charge is 0.338 e. The highest BCUT2D eigenvalue weighted by Gasteiger charge is 2.08. The van der Waals surface area contributed by atoms with Crippen molar-refractivity contribution in [2.75, 3.05) is 17.2 Å². The summed E-state index contributed by atoms with van der Waals surface area (Å²) < 4.78 is 4.97. The number of esters is 1. The van der Waals surface area contributed by atoms with E-state index in [0.29, 0.717) is 24.2 Å². The Morgan fingerprint density at radius 2 is 1.92 bits per heavy atom. The van der Waals surface area contributed by atoms with E-state index in [1.807, 2.05) is 13.0 Å². The van der Waals surface area contributed by atoms with Crippen LogP contribution in [-0.4, -0.2) is 28.6 Å². The molecule has 1 aromatic carbocycles. The molecule has 2 rings (SSSR count). The summed E-state index contributed by atoms with van der Waals surface area (Å²) in [6, 6.07) is 9.31. The Kier molecular flexibility index (Phi) is 6.12. The van der Waals surface area contributed by atoms with Crippen LogP contribution >= 0.6 is 0 Å². The molecule has 6 nitrogen and oxygen atoms in total. The fourth-order valence-electron chi connectivity index (χ4n) is 2.09. The van der Waals surface area contributed by atoms with Crippen LogP contribution in [0.2, 0.25) is 0 Å². The van der Waals surface area contributed by atoms with Gasteiger partial charge < -0.3 is 15.4 Å². The number of anilines is 3. The van der Waals surface area contributed by atoms with E-state index in [4.69, 9.17) is 4.74 Å². The average Bonchev–Trinajstić information content (AvgIpc) is 2.55. The SMILES string of the molecule is CCOC(=O)c1ccc(Nc2nc(C)cc(NC(C)CC)n2)cc1. The second kappa shape index (κ2) is 8.29. The lowest BCUT2D eigenvalue weighted by molar-refractivity contribution is 0.0526. The molecule has 24 heavy (non-hydrogen) atoms. The van der Waals surface area contributed by atoms with Crippen LogP contribution in [0.3, 0.4) is 0 Å².